The minimum Gasteiger partial charge on any atom is -0.389 e. The van der Waals surface area contributed by atoms with Crippen LogP contribution in [0.3, 0.4) is 0 Å². The van der Waals surface area contributed by atoms with Crippen LogP contribution in [0.5, 0.6) is 0 Å². The van der Waals surface area contributed by atoms with Gasteiger partial charge in [-0.2, -0.15) is 0 Å². The molecule has 2 aromatic carbocycles. The second-order valence-corrected chi connectivity index (χ2v) is 5.95. The molecule has 102 valence electrons. The number of thiocarbonyl (C=S) groups is 1. The van der Waals surface area contributed by atoms with E-state index >= 15 is 0 Å². The number of halogens is 1. The minimum atomic E-state index is 0.374. The molecule has 2 aromatic rings. The summed E-state index contributed by atoms with van der Waals surface area (Å²) in [5.41, 5.74) is 10.3. The summed E-state index contributed by atoms with van der Waals surface area (Å²) in [5.74, 6) is 0. The molecule has 1 heterocycles. The van der Waals surface area contributed by atoms with E-state index in [2.05, 4.69) is 36.1 Å². The molecule has 3 rings (SSSR count). The van der Waals surface area contributed by atoms with E-state index in [1.165, 1.54) is 11.3 Å². The van der Waals surface area contributed by atoms with Crippen LogP contribution in [-0.2, 0) is 6.42 Å². The Hall–Kier alpha value is -1.58. The summed E-state index contributed by atoms with van der Waals surface area (Å²) < 4.78 is 0. The fourth-order valence-electron chi connectivity index (χ4n) is 2.85. The normalized spacial score (nSPS) is 17.1. The molecule has 0 aromatic heterocycles. The lowest BCUT2D eigenvalue weighted by Crippen LogP contribution is -2.26. The van der Waals surface area contributed by atoms with Crippen LogP contribution in [0.4, 0.5) is 11.4 Å². The molecule has 1 aliphatic rings. The number of benzene rings is 2. The highest BCUT2D eigenvalue weighted by atomic mass is 35.5. The van der Waals surface area contributed by atoms with Gasteiger partial charge in [0.05, 0.1) is 5.69 Å². The van der Waals surface area contributed by atoms with Crippen molar-refractivity contribution in [3.8, 4) is 0 Å². The number of nitrogens with zero attached hydrogens (tertiary/aromatic N) is 1. The van der Waals surface area contributed by atoms with Crippen molar-refractivity contribution < 1.29 is 0 Å². The fraction of sp³-hybridized carbons (Fsp3) is 0.188. The number of fused-ring (bicyclic) bond motifs is 1. The molecule has 1 atom stereocenters. The van der Waals surface area contributed by atoms with E-state index in [0.29, 0.717) is 16.1 Å². The third kappa shape index (κ3) is 2.17. The van der Waals surface area contributed by atoms with Crippen LogP contribution >= 0.6 is 23.8 Å². The van der Waals surface area contributed by atoms with Gasteiger partial charge < -0.3 is 10.6 Å². The van der Waals surface area contributed by atoms with Gasteiger partial charge in [-0.05, 0) is 43.2 Å². The largest absolute Gasteiger partial charge is 0.389 e. The minimum absolute atomic E-state index is 0.374. The Morgan fingerprint density at radius 1 is 1.25 bits per heavy atom. The SMILES string of the molecule is CC1Cc2ccccc2N1c1ccc(Cl)cc1C(N)=S. The standard InChI is InChI=1S/C16H15ClN2S/c1-10-8-11-4-2-3-5-14(11)19(10)15-7-6-12(17)9-13(15)16(18)20/h2-7,9-10H,8H2,1H3,(H2,18,20). The van der Waals surface area contributed by atoms with Crippen LogP contribution < -0.4 is 10.6 Å². The summed E-state index contributed by atoms with van der Waals surface area (Å²) in [6, 6.07) is 14.5. The molecule has 0 aliphatic carbocycles. The fourth-order valence-corrected chi connectivity index (χ4v) is 3.18. The zero-order chi connectivity index (χ0) is 14.3. The third-order valence-corrected chi connectivity index (χ3v) is 4.15. The van der Waals surface area contributed by atoms with Gasteiger partial charge in [0.25, 0.3) is 0 Å². The maximum absolute atomic E-state index is 6.07. The lowest BCUT2D eigenvalue weighted by Gasteiger charge is -2.27. The Morgan fingerprint density at radius 3 is 2.75 bits per heavy atom. The highest BCUT2D eigenvalue weighted by Crippen LogP contribution is 2.40. The second kappa shape index (κ2) is 5.08. The van der Waals surface area contributed by atoms with Gasteiger partial charge in [-0.1, -0.05) is 42.0 Å². The highest BCUT2D eigenvalue weighted by molar-refractivity contribution is 7.80. The van der Waals surface area contributed by atoms with Gasteiger partial charge >= 0.3 is 0 Å². The number of para-hydroxylation sites is 1. The summed E-state index contributed by atoms with van der Waals surface area (Å²) in [4.78, 5) is 2.67. The molecule has 0 saturated carbocycles. The van der Waals surface area contributed by atoms with Crippen molar-refractivity contribution in [3.05, 3.63) is 58.6 Å². The second-order valence-electron chi connectivity index (χ2n) is 5.08. The van der Waals surface area contributed by atoms with Gasteiger partial charge in [0.2, 0.25) is 0 Å². The van der Waals surface area contributed by atoms with Crippen LogP contribution in [0.25, 0.3) is 0 Å². The van der Waals surface area contributed by atoms with Gasteiger partial charge in [-0.15, -0.1) is 0 Å². The van der Waals surface area contributed by atoms with Gasteiger partial charge in [0, 0.05) is 22.3 Å². The Bertz CT molecular complexity index is 684. The average Bonchev–Trinajstić information content (AvgIpc) is 2.74. The third-order valence-electron chi connectivity index (χ3n) is 3.69. The average molecular weight is 303 g/mol. The van der Waals surface area contributed by atoms with Crippen molar-refractivity contribution in [1.29, 1.82) is 0 Å². The van der Waals surface area contributed by atoms with Gasteiger partial charge in [0.1, 0.15) is 4.99 Å². The van der Waals surface area contributed by atoms with Crippen molar-refractivity contribution in [2.75, 3.05) is 4.90 Å². The van der Waals surface area contributed by atoms with Gasteiger partial charge in [-0.25, -0.2) is 0 Å². The monoisotopic (exact) mass is 302 g/mol. The molecule has 2 nitrogen and oxygen atoms in total. The zero-order valence-corrected chi connectivity index (χ0v) is 12.7. The predicted octanol–water partition coefficient (Wildman–Crippen LogP) is 4.06. The van der Waals surface area contributed by atoms with Crippen LogP contribution in [-0.4, -0.2) is 11.0 Å². The summed E-state index contributed by atoms with van der Waals surface area (Å²) in [5, 5.41) is 0.650. The molecule has 0 saturated heterocycles. The van der Waals surface area contributed by atoms with Crippen molar-refractivity contribution in [2.24, 2.45) is 5.73 Å². The lowest BCUT2D eigenvalue weighted by molar-refractivity contribution is 0.758. The first-order valence-corrected chi connectivity index (χ1v) is 7.33. The van der Waals surface area contributed by atoms with E-state index in [1.54, 1.807) is 0 Å². The molecular formula is C16H15ClN2S. The Morgan fingerprint density at radius 2 is 2.00 bits per heavy atom. The predicted molar refractivity (Wildman–Crippen MR) is 89.1 cm³/mol. The van der Waals surface area contributed by atoms with Crippen molar-refractivity contribution in [2.45, 2.75) is 19.4 Å². The molecular weight excluding hydrogens is 288 g/mol. The van der Waals surface area contributed by atoms with Gasteiger partial charge in [0.15, 0.2) is 0 Å². The summed E-state index contributed by atoms with van der Waals surface area (Å²) >= 11 is 11.2. The summed E-state index contributed by atoms with van der Waals surface area (Å²) in [6.07, 6.45) is 1.02. The molecule has 0 radical (unpaired) electrons. The molecule has 20 heavy (non-hydrogen) atoms. The molecule has 0 fully saturated rings. The molecule has 0 spiro atoms. The maximum atomic E-state index is 6.07. The molecule has 1 aliphatic heterocycles. The lowest BCUT2D eigenvalue weighted by atomic mass is 10.1. The molecule has 2 N–H and O–H groups in total. The van der Waals surface area contributed by atoms with Crippen molar-refractivity contribution in [1.82, 2.24) is 0 Å². The number of anilines is 2. The van der Waals surface area contributed by atoms with E-state index in [1.807, 2.05) is 18.2 Å². The van der Waals surface area contributed by atoms with Crippen molar-refractivity contribution in [3.63, 3.8) is 0 Å². The van der Waals surface area contributed by atoms with Crippen LogP contribution in [0, 0.1) is 0 Å². The van der Waals surface area contributed by atoms with E-state index in [4.69, 9.17) is 29.6 Å². The molecule has 1 unspecified atom stereocenters. The molecule has 0 amide bonds. The molecule has 0 bridgehead atoms. The van der Waals surface area contributed by atoms with E-state index in [9.17, 15) is 0 Å². The number of hydrogen-bond acceptors (Lipinski definition) is 2. The topological polar surface area (TPSA) is 29.3 Å². The maximum Gasteiger partial charge on any atom is 0.106 e. The highest BCUT2D eigenvalue weighted by Gasteiger charge is 2.28. The van der Waals surface area contributed by atoms with Gasteiger partial charge in [-0.3, -0.25) is 0 Å². The van der Waals surface area contributed by atoms with Crippen LogP contribution in [0.1, 0.15) is 18.1 Å². The smallest absolute Gasteiger partial charge is 0.106 e. The quantitative estimate of drug-likeness (QED) is 0.848. The summed E-state index contributed by atoms with van der Waals surface area (Å²) in [6.45, 7) is 2.21. The first kappa shape index (κ1) is 13.4. The summed E-state index contributed by atoms with van der Waals surface area (Å²) in [7, 11) is 0. The van der Waals surface area contributed by atoms with Crippen molar-refractivity contribution >= 4 is 40.2 Å². The van der Waals surface area contributed by atoms with Crippen LogP contribution in [0.15, 0.2) is 42.5 Å². The Balaban J connectivity index is 2.17. The number of nitrogens with two attached hydrogens (primary N) is 1. The Labute approximate surface area is 129 Å². The Kier molecular flexibility index (Phi) is 3.40. The van der Waals surface area contributed by atoms with E-state index in [-0.39, 0.29) is 0 Å². The van der Waals surface area contributed by atoms with E-state index in [0.717, 1.165) is 17.7 Å². The number of rotatable bonds is 2. The first-order chi connectivity index (χ1) is 9.58. The first-order valence-electron chi connectivity index (χ1n) is 6.54. The molecule has 4 heteroatoms. The zero-order valence-electron chi connectivity index (χ0n) is 11.1. The van der Waals surface area contributed by atoms with Crippen LogP contribution in [0.2, 0.25) is 5.02 Å². The van der Waals surface area contributed by atoms with E-state index < -0.39 is 0 Å². The number of hydrogen-bond donors (Lipinski definition) is 1.